The van der Waals surface area contributed by atoms with E-state index in [1.807, 2.05) is 18.2 Å². The first-order chi connectivity index (χ1) is 9.24. The van der Waals surface area contributed by atoms with Crippen LogP contribution in [0.25, 0.3) is 0 Å². The molecule has 1 amide bonds. The number of pyridine rings is 1. The zero-order valence-electron chi connectivity index (χ0n) is 10.3. The molecule has 1 saturated carbocycles. The highest BCUT2D eigenvalue weighted by Gasteiger charge is 2.39. The van der Waals surface area contributed by atoms with Gasteiger partial charge in [-0.2, -0.15) is 0 Å². The van der Waals surface area contributed by atoms with E-state index in [0.717, 1.165) is 6.42 Å². The summed E-state index contributed by atoms with van der Waals surface area (Å²) in [6, 6.07) is 14.9. The molecule has 2 atom stereocenters. The minimum atomic E-state index is -0.261. The maximum absolute atomic E-state index is 11.9. The number of H-pyrrole nitrogens is 1. The van der Waals surface area contributed by atoms with Crippen LogP contribution in [0.5, 0.6) is 0 Å². The van der Waals surface area contributed by atoms with E-state index in [2.05, 4.69) is 22.4 Å². The summed E-state index contributed by atoms with van der Waals surface area (Å²) in [5.41, 5.74) is 1.30. The number of rotatable bonds is 3. The van der Waals surface area contributed by atoms with Crippen molar-refractivity contribution in [3.05, 3.63) is 70.1 Å². The van der Waals surface area contributed by atoms with E-state index in [1.165, 1.54) is 11.6 Å². The molecule has 1 aliphatic rings. The lowest BCUT2D eigenvalue weighted by Crippen LogP contribution is -2.28. The molecule has 96 valence electrons. The van der Waals surface area contributed by atoms with Gasteiger partial charge in [0.2, 0.25) is 5.56 Å². The van der Waals surface area contributed by atoms with Gasteiger partial charge in [0.25, 0.3) is 5.91 Å². The van der Waals surface area contributed by atoms with E-state index < -0.39 is 0 Å². The van der Waals surface area contributed by atoms with Crippen molar-refractivity contribution >= 4 is 5.91 Å². The largest absolute Gasteiger partial charge is 0.347 e. The van der Waals surface area contributed by atoms with Gasteiger partial charge in [0.1, 0.15) is 5.69 Å². The third-order valence-corrected chi connectivity index (χ3v) is 3.35. The van der Waals surface area contributed by atoms with Crippen LogP contribution in [0.3, 0.4) is 0 Å². The molecule has 4 nitrogen and oxygen atoms in total. The van der Waals surface area contributed by atoms with E-state index >= 15 is 0 Å². The summed E-state index contributed by atoms with van der Waals surface area (Å²) in [5.74, 6) is 0.168. The second-order valence-corrected chi connectivity index (χ2v) is 4.76. The normalized spacial score (nSPS) is 20.8. The molecule has 2 aromatic rings. The molecular weight excluding hydrogens is 240 g/mol. The van der Waals surface area contributed by atoms with Crippen molar-refractivity contribution in [1.29, 1.82) is 0 Å². The first-order valence-electron chi connectivity index (χ1n) is 6.29. The lowest BCUT2D eigenvalue weighted by atomic mass is 10.1. The lowest BCUT2D eigenvalue weighted by Gasteiger charge is -2.04. The van der Waals surface area contributed by atoms with Crippen LogP contribution in [0.1, 0.15) is 28.4 Å². The van der Waals surface area contributed by atoms with Gasteiger partial charge in [-0.3, -0.25) is 9.59 Å². The zero-order valence-corrected chi connectivity index (χ0v) is 10.3. The van der Waals surface area contributed by atoms with Crippen LogP contribution in [-0.4, -0.2) is 16.9 Å². The number of nitrogens with one attached hydrogen (secondary N) is 2. The molecule has 1 aromatic carbocycles. The number of aromatic nitrogens is 1. The number of hydrogen-bond acceptors (Lipinski definition) is 2. The van der Waals surface area contributed by atoms with Gasteiger partial charge in [0.15, 0.2) is 0 Å². The van der Waals surface area contributed by atoms with Crippen molar-refractivity contribution in [3.63, 3.8) is 0 Å². The van der Waals surface area contributed by atoms with Crippen LogP contribution in [0, 0.1) is 0 Å². The van der Waals surface area contributed by atoms with E-state index in [1.54, 1.807) is 12.1 Å². The van der Waals surface area contributed by atoms with Crippen molar-refractivity contribution in [3.8, 4) is 0 Å². The molecule has 2 N–H and O–H groups in total. The predicted octanol–water partition coefficient (Wildman–Crippen LogP) is 1.66. The Bertz CT molecular complexity index is 648. The molecule has 4 heteroatoms. The quantitative estimate of drug-likeness (QED) is 0.875. The molecule has 19 heavy (non-hydrogen) atoms. The number of benzene rings is 1. The van der Waals surface area contributed by atoms with Crippen molar-refractivity contribution < 1.29 is 4.79 Å². The lowest BCUT2D eigenvalue weighted by molar-refractivity contribution is 0.0945. The SMILES string of the molecule is O=C(N[C@@H]1C[C@H]1c1ccccc1)c1cccc(=O)[nH]1. The summed E-state index contributed by atoms with van der Waals surface area (Å²) in [6.07, 6.45) is 0.951. The van der Waals surface area contributed by atoms with Gasteiger partial charge < -0.3 is 10.3 Å². The van der Waals surface area contributed by atoms with Crippen LogP contribution in [0.15, 0.2) is 53.3 Å². The minimum Gasteiger partial charge on any atom is -0.347 e. The van der Waals surface area contributed by atoms with Gasteiger partial charge in [0.05, 0.1) is 0 Å². The minimum absolute atomic E-state index is 0.165. The first kappa shape index (κ1) is 11.7. The molecule has 1 fully saturated rings. The second-order valence-electron chi connectivity index (χ2n) is 4.76. The number of aromatic amines is 1. The Morgan fingerprint density at radius 3 is 2.63 bits per heavy atom. The standard InChI is InChI=1S/C15H14N2O2/c18-14-8-4-7-12(16-14)15(19)17-13-9-11(13)10-5-2-1-3-6-10/h1-8,11,13H,9H2,(H,16,18)(H,17,19)/t11-,13+/m0/s1. The Morgan fingerprint density at radius 2 is 1.89 bits per heavy atom. The molecule has 1 aliphatic carbocycles. The fraction of sp³-hybridized carbons (Fsp3) is 0.200. The van der Waals surface area contributed by atoms with Crippen molar-refractivity contribution in [2.24, 2.45) is 0 Å². The third-order valence-electron chi connectivity index (χ3n) is 3.35. The van der Waals surface area contributed by atoms with Gasteiger partial charge in [-0.1, -0.05) is 36.4 Å². The Labute approximate surface area is 110 Å². The third kappa shape index (κ3) is 2.57. The molecule has 0 radical (unpaired) electrons. The van der Waals surface area contributed by atoms with Gasteiger partial charge in [0, 0.05) is 18.0 Å². The van der Waals surface area contributed by atoms with Crippen LogP contribution in [0.4, 0.5) is 0 Å². The molecule has 0 aliphatic heterocycles. The zero-order chi connectivity index (χ0) is 13.2. The van der Waals surface area contributed by atoms with Crippen molar-refractivity contribution in [2.45, 2.75) is 18.4 Å². The molecule has 1 aromatic heterocycles. The Balaban J connectivity index is 1.65. The molecule has 0 bridgehead atoms. The summed E-state index contributed by atoms with van der Waals surface area (Å²) < 4.78 is 0. The van der Waals surface area contributed by atoms with Crippen LogP contribution in [-0.2, 0) is 0 Å². The van der Waals surface area contributed by atoms with Gasteiger partial charge in [-0.05, 0) is 18.1 Å². The number of carbonyl (C=O) groups is 1. The van der Waals surface area contributed by atoms with E-state index in [0.29, 0.717) is 11.6 Å². The molecule has 0 unspecified atom stereocenters. The first-order valence-corrected chi connectivity index (χ1v) is 6.29. The maximum Gasteiger partial charge on any atom is 0.268 e. The second kappa shape index (κ2) is 4.72. The fourth-order valence-corrected chi connectivity index (χ4v) is 2.25. The highest BCUT2D eigenvalue weighted by Crippen LogP contribution is 2.40. The van der Waals surface area contributed by atoms with E-state index in [4.69, 9.17) is 0 Å². The fourth-order valence-electron chi connectivity index (χ4n) is 2.25. The monoisotopic (exact) mass is 254 g/mol. The average molecular weight is 254 g/mol. The smallest absolute Gasteiger partial charge is 0.268 e. The van der Waals surface area contributed by atoms with Crippen molar-refractivity contribution in [1.82, 2.24) is 10.3 Å². The molecular formula is C15H14N2O2. The average Bonchev–Trinajstić information content (AvgIpc) is 3.19. The highest BCUT2D eigenvalue weighted by atomic mass is 16.2. The summed E-state index contributed by atoms with van der Waals surface area (Å²) in [4.78, 5) is 25.6. The van der Waals surface area contributed by atoms with Crippen LogP contribution >= 0.6 is 0 Å². The maximum atomic E-state index is 11.9. The highest BCUT2D eigenvalue weighted by molar-refractivity contribution is 5.92. The number of hydrogen-bond donors (Lipinski definition) is 2. The molecule has 0 spiro atoms. The predicted molar refractivity (Wildman–Crippen MR) is 72.1 cm³/mol. The Hall–Kier alpha value is -2.36. The summed E-state index contributed by atoms with van der Waals surface area (Å²) in [7, 11) is 0. The van der Waals surface area contributed by atoms with E-state index in [-0.39, 0.29) is 17.5 Å². The van der Waals surface area contributed by atoms with Gasteiger partial charge in [-0.15, -0.1) is 0 Å². The van der Waals surface area contributed by atoms with Crippen molar-refractivity contribution in [2.75, 3.05) is 0 Å². The number of amides is 1. The van der Waals surface area contributed by atoms with E-state index in [9.17, 15) is 9.59 Å². The Kier molecular flexibility index (Phi) is 2.91. The Morgan fingerprint density at radius 1 is 1.11 bits per heavy atom. The summed E-state index contributed by atoms with van der Waals surface area (Å²) in [6.45, 7) is 0. The van der Waals surface area contributed by atoms with Gasteiger partial charge >= 0.3 is 0 Å². The summed E-state index contributed by atoms with van der Waals surface area (Å²) >= 11 is 0. The summed E-state index contributed by atoms with van der Waals surface area (Å²) in [5, 5.41) is 2.94. The number of carbonyl (C=O) groups excluding carboxylic acids is 1. The molecule has 1 heterocycles. The molecule has 0 saturated heterocycles. The van der Waals surface area contributed by atoms with Crippen LogP contribution in [0.2, 0.25) is 0 Å². The van der Waals surface area contributed by atoms with Crippen LogP contribution < -0.4 is 10.9 Å². The topological polar surface area (TPSA) is 62.0 Å². The van der Waals surface area contributed by atoms with Gasteiger partial charge in [-0.25, -0.2) is 0 Å². The molecule has 3 rings (SSSR count).